The summed E-state index contributed by atoms with van der Waals surface area (Å²) >= 11 is 3.32. The van der Waals surface area contributed by atoms with Crippen molar-refractivity contribution in [3.63, 3.8) is 0 Å². The summed E-state index contributed by atoms with van der Waals surface area (Å²) in [6.45, 7) is 0. The Labute approximate surface area is 152 Å². The lowest BCUT2D eigenvalue weighted by atomic mass is 10.0. The van der Waals surface area contributed by atoms with Gasteiger partial charge in [0.15, 0.2) is 0 Å². The molecule has 0 radical (unpaired) electrons. The van der Waals surface area contributed by atoms with Crippen LogP contribution in [0.25, 0.3) is 11.3 Å². The van der Waals surface area contributed by atoms with Crippen LogP contribution in [0.4, 0.5) is 0 Å². The van der Waals surface area contributed by atoms with Gasteiger partial charge in [0, 0.05) is 15.6 Å². The molecule has 0 spiro atoms. The SMILES string of the molecule is COC(=O)Cc1c(-c2ccc(Br)cc2)oc(C(=O)OC)c1C(=O)OC. The summed E-state index contributed by atoms with van der Waals surface area (Å²) in [6, 6.07) is 6.95. The molecule has 0 saturated carbocycles. The maximum absolute atomic E-state index is 12.2. The van der Waals surface area contributed by atoms with Gasteiger partial charge in [-0.1, -0.05) is 28.1 Å². The lowest BCUT2D eigenvalue weighted by Gasteiger charge is -2.05. The highest BCUT2D eigenvalue weighted by Crippen LogP contribution is 2.34. The summed E-state index contributed by atoms with van der Waals surface area (Å²) in [7, 11) is 3.55. The monoisotopic (exact) mass is 410 g/mol. The lowest BCUT2D eigenvalue weighted by molar-refractivity contribution is -0.139. The molecule has 8 heteroatoms. The third-order valence-electron chi connectivity index (χ3n) is 3.42. The molecule has 0 atom stereocenters. The van der Waals surface area contributed by atoms with Crippen molar-refractivity contribution in [3.8, 4) is 11.3 Å². The second-order valence-electron chi connectivity index (χ2n) is 4.86. The van der Waals surface area contributed by atoms with Crippen LogP contribution in [-0.2, 0) is 25.4 Å². The first-order valence-electron chi connectivity index (χ1n) is 7.08. The molecule has 0 aliphatic rings. The van der Waals surface area contributed by atoms with E-state index in [1.165, 1.54) is 7.11 Å². The van der Waals surface area contributed by atoms with E-state index < -0.39 is 17.9 Å². The number of hydrogen-bond acceptors (Lipinski definition) is 7. The molecule has 0 aliphatic carbocycles. The topological polar surface area (TPSA) is 92.0 Å². The predicted molar refractivity (Wildman–Crippen MR) is 90.2 cm³/mol. The Bertz CT molecular complexity index is 805. The molecule has 0 amide bonds. The number of carbonyl (C=O) groups excluding carboxylic acids is 3. The number of ether oxygens (including phenoxy) is 3. The van der Waals surface area contributed by atoms with Gasteiger partial charge < -0.3 is 18.6 Å². The highest BCUT2D eigenvalue weighted by atomic mass is 79.9. The van der Waals surface area contributed by atoms with Gasteiger partial charge in [0.05, 0.1) is 27.8 Å². The highest BCUT2D eigenvalue weighted by Gasteiger charge is 2.32. The zero-order valence-corrected chi connectivity index (χ0v) is 15.3. The maximum Gasteiger partial charge on any atom is 0.374 e. The molecule has 2 rings (SSSR count). The van der Waals surface area contributed by atoms with E-state index in [1.807, 2.05) is 0 Å². The molecule has 0 bridgehead atoms. The first kappa shape index (κ1) is 18.7. The standard InChI is InChI=1S/C17H15BrO7/c1-22-12(19)8-11-13(16(20)23-2)15(17(21)24-3)25-14(11)9-4-6-10(18)7-5-9/h4-7H,8H2,1-3H3. The number of rotatable bonds is 5. The van der Waals surface area contributed by atoms with Crippen LogP contribution in [-0.4, -0.2) is 39.2 Å². The second-order valence-corrected chi connectivity index (χ2v) is 5.77. The van der Waals surface area contributed by atoms with E-state index in [1.54, 1.807) is 24.3 Å². The van der Waals surface area contributed by atoms with Gasteiger partial charge in [-0.2, -0.15) is 0 Å². The third kappa shape index (κ3) is 3.90. The molecule has 1 aromatic carbocycles. The fourth-order valence-electron chi connectivity index (χ4n) is 2.24. The van der Waals surface area contributed by atoms with Crippen molar-refractivity contribution in [2.75, 3.05) is 21.3 Å². The summed E-state index contributed by atoms with van der Waals surface area (Å²) in [5.41, 5.74) is 0.613. The van der Waals surface area contributed by atoms with E-state index in [-0.39, 0.29) is 29.1 Å². The first-order chi connectivity index (χ1) is 11.9. The Morgan fingerprint density at radius 2 is 1.56 bits per heavy atom. The van der Waals surface area contributed by atoms with Crippen molar-refractivity contribution < 1.29 is 33.0 Å². The average molecular weight is 411 g/mol. The maximum atomic E-state index is 12.2. The van der Waals surface area contributed by atoms with Crippen LogP contribution >= 0.6 is 15.9 Å². The van der Waals surface area contributed by atoms with Crippen molar-refractivity contribution in [2.24, 2.45) is 0 Å². The van der Waals surface area contributed by atoms with E-state index in [4.69, 9.17) is 9.15 Å². The van der Waals surface area contributed by atoms with Gasteiger partial charge in [0.2, 0.25) is 5.76 Å². The normalized spacial score (nSPS) is 10.2. The van der Waals surface area contributed by atoms with E-state index in [2.05, 4.69) is 25.4 Å². The zero-order valence-electron chi connectivity index (χ0n) is 13.8. The summed E-state index contributed by atoms with van der Waals surface area (Å²) < 4.78 is 20.5. The molecule has 7 nitrogen and oxygen atoms in total. The summed E-state index contributed by atoms with van der Waals surface area (Å²) in [5, 5.41) is 0. The van der Waals surface area contributed by atoms with Crippen LogP contribution in [0.2, 0.25) is 0 Å². The smallest absolute Gasteiger partial charge is 0.374 e. The molecule has 1 aromatic heterocycles. The Balaban J connectivity index is 2.73. The fraction of sp³-hybridized carbons (Fsp3) is 0.235. The number of methoxy groups -OCH3 is 3. The molecule has 2 aromatic rings. The third-order valence-corrected chi connectivity index (χ3v) is 3.95. The Hall–Kier alpha value is -2.61. The van der Waals surface area contributed by atoms with Crippen molar-refractivity contribution >= 4 is 33.8 Å². The van der Waals surface area contributed by atoms with Gasteiger partial charge in [-0.3, -0.25) is 4.79 Å². The minimum atomic E-state index is -0.852. The highest BCUT2D eigenvalue weighted by molar-refractivity contribution is 9.10. The van der Waals surface area contributed by atoms with Gasteiger partial charge in [-0.15, -0.1) is 0 Å². The molecular weight excluding hydrogens is 396 g/mol. The molecule has 0 fully saturated rings. The molecule has 0 aliphatic heterocycles. The first-order valence-corrected chi connectivity index (χ1v) is 7.87. The number of carbonyl (C=O) groups is 3. The minimum absolute atomic E-state index is 0.155. The Kier molecular flexibility index (Phi) is 5.97. The van der Waals surface area contributed by atoms with Crippen LogP contribution in [0.3, 0.4) is 0 Å². The van der Waals surface area contributed by atoms with Gasteiger partial charge >= 0.3 is 17.9 Å². The minimum Gasteiger partial charge on any atom is -0.469 e. The lowest BCUT2D eigenvalue weighted by Crippen LogP contribution is -2.14. The van der Waals surface area contributed by atoms with Gasteiger partial charge in [-0.05, 0) is 12.1 Å². The number of furan rings is 1. The molecule has 0 N–H and O–H groups in total. The molecule has 25 heavy (non-hydrogen) atoms. The van der Waals surface area contributed by atoms with Crippen molar-refractivity contribution in [1.82, 2.24) is 0 Å². The van der Waals surface area contributed by atoms with E-state index in [0.29, 0.717) is 5.56 Å². The second kappa shape index (κ2) is 7.98. The van der Waals surface area contributed by atoms with Gasteiger partial charge in [0.1, 0.15) is 11.3 Å². The molecule has 0 saturated heterocycles. The van der Waals surface area contributed by atoms with Gasteiger partial charge in [0.25, 0.3) is 0 Å². The van der Waals surface area contributed by atoms with Crippen molar-refractivity contribution in [1.29, 1.82) is 0 Å². The van der Waals surface area contributed by atoms with Gasteiger partial charge in [-0.25, -0.2) is 9.59 Å². The van der Waals surface area contributed by atoms with Crippen molar-refractivity contribution in [3.05, 3.63) is 45.6 Å². The quantitative estimate of drug-likeness (QED) is 0.552. The van der Waals surface area contributed by atoms with Crippen LogP contribution in [0.15, 0.2) is 33.2 Å². The zero-order chi connectivity index (χ0) is 18.6. The van der Waals surface area contributed by atoms with E-state index in [0.717, 1.165) is 18.7 Å². The van der Waals surface area contributed by atoms with Crippen LogP contribution in [0, 0.1) is 0 Å². The molecular formula is C17H15BrO7. The predicted octanol–water partition coefficient (Wildman–Crippen LogP) is 3.00. The van der Waals surface area contributed by atoms with E-state index >= 15 is 0 Å². The van der Waals surface area contributed by atoms with Crippen LogP contribution < -0.4 is 0 Å². The fourth-order valence-corrected chi connectivity index (χ4v) is 2.50. The summed E-state index contributed by atoms with van der Waals surface area (Å²) in [4.78, 5) is 36.0. The van der Waals surface area contributed by atoms with Crippen molar-refractivity contribution in [2.45, 2.75) is 6.42 Å². The van der Waals surface area contributed by atoms with Crippen LogP contribution in [0.5, 0.6) is 0 Å². The summed E-state index contributed by atoms with van der Waals surface area (Å²) in [5.74, 6) is -2.40. The number of hydrogen-bond donors (Lipinski definition) is 0. The van der Waals surface area contributed by atoms with Crippen LogP contribution in [0.1, 0.15) is 26.5 Å². The number of benzene rings is 1. The number of halogens is 1. The Morgan fingerprint density at radius 1 is 0.960 bits per heavy atom. The molecule has 132 valence electrons. The van der Waals surface area contributed by atoms with E-state index in [9.17, 15) is 14.4 Å². The molecule has 0 unspecified atom stereocenters. The molecule has 1 heterocycles. The largest absolute Gasteiger partial charge is 0.469 e. The average Bonchev–Trinajstić information content (AvgIpc) is 2.99. The Morgan fingerprint density at radius 3 is 2.08 bits per heavy atom. The number of esters is 3. The summed E-state index contributed by atoms with van der Waals surface area (Å²) in [6.07, 6.45) is -0.271.